The zero-order valence-corrected chi connectivity index (χ0v) is 12.2. The Balaban J connectivity index is 1.59. The normalized spacial score (nSPS) is 12.4. The Labute approximate surface area is 128 Å². The van der Waals surface area contributed by atoms with Crippen molar-refractivity contribution in [2.24, 2.45) is 0 Å². The second kappa shape index (κ2) is 6.07. The van der Waals surface area contributed by atoms with E-state index in [4.69, 9.17) is 26.3 Å². The van der Waals surface area contributed by atoms with Crippen molar-refractivity contribution >= 4 is 11.6 Å². The zero-order chi connectivity index (χ0) is 14.7. The Bertz CT molecular complexity index is 695. The molecule has 3 nitrogen and oxygen atoms in total. The fourth-order valence-corrected chi connectivity index (χ4v) is 2.57. The molecule has 0 spiro atoms. The van der Waals surface area contributed by atoms with E-state index in [-0.39, 0.29) is 0 Å². The summed E-state index contributed by atoms with van der Waals surface area (Å²) in [5, 5.41) is 9.25. The van der Waals surface area contributed by atoms with Crippen LogP contribution in [0.3, 0.4) is 0 Å². The van der Waals surface area contributed by atoms with Crippen LogP contribution < -0.4 is 9.47 Å². The summed E-state index contributed by atoms with van der Waals surface area (Å²) >= 11 is 5.97. The van der Waals surface area contributed by atoms with E-state index in [0.717, 1.165) is 25.2 Å². The van der Waals surface area contributed by atoms with Gasteiger partial charge in [-0.3, -0.25) is 0 Å². The summed E-state index contributed by atoms with van der Waals surface area (Å²) in [6.07, 6.45) is 1.81. The second-order valence-electron chi connectivity index (χ2n) is 4.89. The lowest BCUT2D eigenvalue weighted by Crippen LogP contribution is -2.01. The summed E-state index contributed by atoms with van der Waals surface area (Å²) < 4.78 is 11.2. The van der Waals surface area contributed by atoms with Crippen molar-refractivity contribution in [2.45, 2.75) is 12.8 Å². The van der Waals surface area contributed by atoms with Crippen LogP contribution in [0.4, 0.5) is 0 Å². The van der Waals surface area contributed by atoms with Crippen LogP contribution in [0.2, 0.25) is 5.02 Å². The van der Waals surface area contributed by atoms with Crippen LogP contribution in [0.5, 0.6) is 11.5 Å². The third kappa shape index (κ3) is 3.12. The predicted molar refractivity (Wildman–Crippen MR) is 81.0 cm³/mol. The highest BCUT2D eigenvalue weighted by molar-refractivity contribution is 6.31. The molecule has 2 aromatic carbocycles. The Kier molecular flexibility index (Phi) is 3.98. The number of hydrogen-bond acceptors (Lipinski definition) is 3. The number of halogens is 1. The van der Waals surface area contributed by atoms with Gasteiger partial charge in [-0.1, -0.05) is 23.7 Å². The zero-order valence-electron chi connectivity index (χ0n) is 11.4. The summed E-state index contributed by atoms with van der Waals surface area (Å²) in [6.45, 7) is 1.35. The molecule has 0 N–H and O–H groups in total. The van der Waals surface area contributed by atoms with E-state index >= 15 is 0 Å². The molecule has 0 aromatic heterocycles. The minimum Gasteiger partial charge on any atom is -0.493 e. The molecule has 0 fully saturated rings. The highest BCUT2D eigenvalue weighted by Crippen LogP contribution is 2.26. The summed E-state index contributed by atoms with van der Waals surface area (Å²) in [5.74, 6) is 1.68. The van der Waals surface area contributed by atoms with Crippen LogP contribution in [0.15, 0.2) is 36.4 Å². The van der Waals surface area contributed by atoms with Gasteiger partial charge in [0, 0.05) is 18.9 Å². The van der Waals surface area contributed by atoms with Crippen LogP contribution in [0, 0.1) is 11.3 Å². The molecule has 0 saturated heterocycles. The highest BCUT2D eigenvalue weighted by Gasteiger charge is 2.11. The topological polar surface area (TPSA) is 42.2 Å². The van der Waals surface area contributed by atoms with Gasteiger partial charge in [0.1, 0.15) is 17.6 Å². The largest absolute Gasteiger partial charge is 0.493 e. The molecular weight excluding hydrogens is 286 g/mol. The van der Waals surface area contributed by atoms with Gasteiger partial charge < -0.3 is 9.47 Å². The molecule has 0 unspecified atom stereocenters. The SMILES string of the molecule is N#Cc1ccc(OCCc2ccc3c(c2)CCO3)cc1Cl. The fraction of sp³-hybridized carbons (Fsp3) is 0.235. The first-order chi connectivity index (χ1) is 10.3. The van der Waals surface area contributed by atoms with Gasteiger partial charge in [0.05, 0.1) is 23.8 Å². The molecule has 0 radical (unpaired) electrons. The average molecular weight is 300 g/mol. The third-order valence-corrected chi connectivity index (χ3v) is 3.79. The molecule has 3 rings (SSSR count). The lowest BCUT2D eigenvalue weighted by Gasteiger charge is -2.08. The van der Waals surface area contributed by atoms with E-state index in [1.807, 2.05) is 12.1 Å². The molecule has 21 heavy (non-hydrogen) atoms. The monoisotopic (exact) mass is 299 g/mol. The summed E-state index contributed by atoms with van der Waals surface area (Å²) in [4.78, 5) is 0. The molecule has 1 aliphatic rings. The van der Waals surface area contributed by atoms with Gasteiger partial charge in [-0.25, -0.2) is 0 Å². The van der Waals surface area contributed by atoms with E-state index in [9.17, 15) is 0 Å². The van der Waals surface area contributed by atoms with Gasteiger partial charge in [0.25, 0.3) is 0 Å². The van der Waals surface area contributed by atoms with Crippen LogP contribution in [-0.4, -0.2) is 13.2 Å². The molecule has 1 heterocycles. The maximum Gasteiger partial charge on any atom is 0.122 e. The van der Waals surface area contributed by atoms with Crippen LogP contribution in [-0.2, 0) is 12.8 Å². The standard InChI is InChI=1S/C17H14ClNO2/c18-16-10-15(3-2-14(16)11-19)20-7-5-12-1-4-17-13(9-12)6-8-21-17/h1-4,9-10H,5-8H2. The summed E-state index contributed by atoms with van der Waals surface area (Å²) in [7, 11) is 0. The maximum atomic E-state index is 8.83. The third-order valence-electron chi connectivity index (χ3n) is 3.47. The van der Waals surface area contributed by atoms with E-state index in [1.165, 1.54) is 11.1 Å². The van der Waals surface area contributed by atoms with E-state index in [1.54, 1.807) is 18.2 Å². The van der Waals surface area contributed by atoms with Crippen molar-refractivity contribution in [1.29, 1.82) is 5.26 Å². The van der Waals surface area contributed by atoms with Gasteiger partial charge in [-0.15, -0.1) is 0 Å². The molecule has 0 saturated carbocycles. The molecule has 0 bridgehead atoms. The van der Waals surface area contributed by atoms with Crippen molar-refractivity contribution in [3.63, 3.8) is 0 Å². The van der Waals surface area contributed by atoms with Gasteiger partial charge in [0.15, 0.2) is 0 Å². The number of ether oxygens (including phenoxy) is 2. The quantitative estimate of drug-likeness (QED) is 0.863. The number of nitrogens with zero attached hydrogens (tertiary/aromatic N) is 1. The van der Waals surface area contributed by atoms with Crippen molar-refractivity contribution < 1.29 is 9.47 Å². The summed E-state index contributed by atoms with van der Waals surface area (Å²) in [5.41, 5.74) is 2.97. The fourth-order valence-electron chi connectivity index (χ4n) is 2.36. The molecule has 1 aliphatic heterocycles. The average Bonchev–Trinajstić information content (AvgIpc) is 2.95. The molecule has 106 valence electrons. The van der Waals surface area contributed by atoms with Crippen LogP contribution in [0.1, 0.15) is 16.7 Å². The predicted octanol–water partition coefficient (Wildman–Crippen LogP) is 3.77. The molecular formula is C17H14ClNO2. The van der Waals surface area contributed by atoms with Crippen molar-refractivity contribution in [1.82, 2.24) is 0 Å². The van der Waals surface area contributed by atoms with Crippen molar-refractivity contribution in [2.75, 3.05) is 13.2 Å². The Morgan fingerprint density at radius 2 is 2.14 bits per heavy atom. The Morgan fingerprint density at radius 3 is 2.95 bits per heavy atom. The van der Waals surface area contributed by atoms with Crippen molar-refractivity contribution in [3.05, 3.63) is 58.1 Å². The van der Waals surface area contributed by atoms with Gasteiger partial charge in [-0.2, -0.15) is 5.26 Å². The summed E-state index contributed by atoms with van der Waals surface area (Å²) in [6, 6.07) is 13.4. The molecule has 0 amide bonds. The van der Waals surface area contributed by atoms with Gasteiger partial charge >= 0.3 is 0 Å². The van der Waals surface area contributed by atoms with Gasteiger partial charge in [-0.05, 0) is 29.3 Å². The highest BCUT2D eigenvalue weighted by atomic mass is 35.5. The van der Waals surface area contributed by atoms with E-state index < -0.39 is 0 Å². The number of benzene rings is 2. The Hall–Kier alpha value is -2.18. The maximum absolute atomic E-state index is 8.83. The minimum absolute atomic E-state index is 0.421. The molecule has 0 aliphatic carbocycles. The lowest BCUT2D eigenvalue weighted by molar-refractivity contribution is 0.322. The van der Waals surface area contributed by atoms with E-state index in [0.29, 0.717) is 22.9 Å². The van der Waals surface area contributed by atoms with Crippen LogP contribution >= 0.6 is 11.6 Å². The van der Waals surface area contributed by atoms with Gasteiger partial charge in [0.2, 0.25) is 0 Å². The first kappa shape index (κ1) is 13.8. The molecule has 2 aromatic rings. The number of rotatable bonds is 4. The van der Waals surface area contributed by atoms with E-state index in [2.05, 4.69) is 12.1 Å². The molecule has 0 atom stereocenters. The smallest absolute Gasteiger partial charge is 0.122 e. The number of nitriles is 1. The minimum atomic E-state index is 0.421. The van der Waals surface area contributed by atoms with Crippen molar-refractivity contribution in [3.8, 4) is 17.6 Å². The molecule has 4 heteroatoms. The first-order valence-corrected chi connectivity index (χ1v) is 7.21. The Morgan fingerprint density at radius 1 is 1.24 bits per heavy atom. The van der Waals surface area contributed by atoms with Crippen LogP contribution in [0.25, 0.3) is 0 Å². The number of fused-ring (bicyclic) bond motifs is 1. The first-order valence-electron chi connectivity index (χ1n) is 6.83. The lowest BCUT2D eigenvalue weighted by atomic mass is 10.1. The number of hydrogen-bond donors (Lipinski definition) is 0. The second-order valence-corrected chi connectivity index (χ2v) is 5.30.